The second kappa shape index (κ2) is 6.88. The molecule has 0 aromatic heterocycles. The molecule has 0 spiro atoms. The molecule has 0 aliphatic carbocycles. The van der Waals surface area contributed by atoms with Crippen LogP contribution in [0.25, 0.3) is 0 Å². The summed E-state index contributed by atoms with van der Waals surface area (Å²) in [6, 6.07) is 7.82. The van der Waals surface area contributed by atoms with Crippen molar-refractivity contribution < 1.29 is 27.4 Å². The Balaban J connectivity index is 2.26. The summed E-state index contributed by atoms with van der Waals surface area (Å²) in [6.07, 6.45) is 0. The minimum atomic E-state index is -3.86. The van der Waals surface area contributed by atoms with E-state index < -0.39 is 28.4 Å². The van der Waals surface area contributed by atoms with E-state index in [1.165, 1.54) is 36.4 Å². The number of anilines is 1. The number of carboxylic acid groups (broad SMARTS) is 1. The van der Waals surface area contributed by atoms with Crippen LogP contribution < -0.4 is 9.46 Å². The minimum Gasteiger partial charge on any atom is -0.482 e. The van der Waals surface area contributed by atoms with Gasteiger partial charge < -0.3 is 9.84 Å². The highest BCUT2D eigenvalue weighted by atomic mass is 32.2. The molecule has 0 atom stereocenters. The Kier molecular flexibility index (Phi) is 5.08. The maximum atomic E-state index is 13.1. The molecule has 0 aliphatic rings. The van der Waals surface area contributed by atoms with Crippen LogP contribution in [-0.4, -0.2) is 26.1 Å². The fourth-order valence-electron chi connectivity index (χ4n) is 2.04. The summed E-state index contributed by atoms with van der Waals surface area (Å²) in [4.78, 5) is 10.5. The van der Waals surface area contributed by atoms with E-state index in [9.17, 15) is 17.6 Å². The molecule has 6 nitrogen and oxygen atoms in total. The quantitative estimate of drug-likeness (QED) is 0.833. The zero-order valence-corrected chi connectivity index (χ0v) is 13.9. The molecule has 0 saturated carbocycles. The monoisotopic (exact) mass is 353 g/mol. The second-order valence-corrected chi connectivity index (χ2v) is 6.86. The Labute approximate surface area is 138 Å². The number of carbonyl (C=O) groups is 1. The number of aliphatic carboxylic acids is 1. The van der Waals surface area contributed by atoms with Crippen LogP contribution >= 0.6 is 0 Å². The first kappa shape index (κ1) is 17.7. The summed E-state index contributed by atoms with van der Waals surface area (Å²) in [7, 11) is -3.86. The maximum Gasteiger partial charge on any atom is 0.341 e. The van der Waals surface area contributed by atoms with Crippen LogP contribution in [0.3, 0.4) is 0 Å². The van der Waals surface area contributed by atoms with Crippen molar-refractivity contribution in [3.8, 4) is 5.75 Å². The highest BCUT2D eigenvalue weighted by Gasteiger charge is 2.17. The molecule has 2 aromatic carbocycles. The van der Waals surface area contributed by atoms with Crippen molar-refractivity contribution in [1.29, 1.82) is 0 Å². The Bertz CT molecular complexity index is 880. The molecule has 0 bridgehead atoms. The lowest BCUT2D eigenvalue weighted by atomic mass is 10.2. The number of nitrogens with one attached hydrogen (secondary N) is 1. The van der Waals surface area contributed by atoms with Crippen molar-refractivity contribution in [2.75, 3.05) is 11.3 Å². The molecule has 0 unspecified atom stereocenters. The average Bonchev–Trinajstić information content (AvgIpc) is 2.48. The fourth-order valence-corrected chi connectivity index (χ4v) is 3.25. The molecule has 0 fully saturated rings. The molecule has 24 heavy (non-hydrogen) atoms. The van der Waals surface area contributed by atoms with E-state index in [4.69, 9.17) is 9.84 Å². The van der Waals surface area contributed by atoms with E-state index in [2.05, 4.69) is 4.72 Å². The molecule has 0 amide bonds. The van der Waals surface area contributed by atoms with Crippen LogP contribution in [0.4, 0.5) is 10.1 Å². The zero-order valence-electron chi connectivity index (χ0n) is 13.0. The first-order valence-electron chi connectivity index (χ1n) is 6.93. The molecule has 0 saturated heterocycles. The number of ether oxygens (including phenoxy) is 1. The highest BCUT2D eigenvalue weighted by molar-refractivity contribution is 7.92. The van der Waals surface area contributed by atoms with Gasteiger partial charge in [-0.05, 0) is 61.4 Å². The number of hydrogen-bond acceptors (Lipinski definition) is 4. The smallest absolute Gasteiger partial charge is 0.341 e. The summed E-state index contributed by atoms with van der Waals surface area (Å²) in [5.74, 6) is -1.29. The van der Waals surface area contributed by atoms with E-state index in [-0.39, 0.29) is 16.3 Å². The molecular formula is C16H16FNO5S. The van der Waals surface area contributed by atoms with Crippen molar-refractivity contribution in [2.24, 2.45) is 0 Å². The van der Waals surface area contributed by atoms with Crippen molar-refractivity contribution in [1.82, 2.24) is 0 Å². The Morgan fingerprint density at radius 2 is 1.88 bits per heavy atom. The number of aryl methyl sites for hydroxylation is 2. The lowest BCUT2D eigenvalue weighted by Gasteiger charge is -2.12. The minimum absolute atomic E-state index is 0.00796. The molecule has 2 aromatic rings. The molecule has 2 rings (SSSR count). The number of sulfonamides is 1. The largest absolute Gasteiger partial charge is 0.482 e. The van der Waals surface area contributed by atoms with Gasteiger partial charge in [0.15, 0.2) is 6.61 Å². The van der Waals surface area contributed by atoms with Gasteiger partial charge in [0.2, 0.25) is 0 Å². The number of hydrogen-bond donors (Lipinski definition) is 2. The number of halogens is 1. The van der Waals surface area contributed by atoms with Crippen molar-refractivity contribution in [3.63, 3.8) is 0 Å². The van der Waals surface area contributed by atoms with Crippen LogP contribution in [0.2, 0.25) is 0 Å². The highest BCUT2D eigenvalue weighted by Crippen LogP contribution is 2.25. The predicted octanol–water partition coefficient (Wildman–Crippen LogP) is 2.71. The van der Waals surface area contributed by atoms with Gasteiger partial charge in [-0.25, -0.2) is 17.6 Å². The summed E-state index contributed by atoms with van der Waals surface area (Å²) >= 11 is 0. The first-order chi connectivity index (χ1) is 11.2. The van der Waals surface area contributed by atoms with Gasteiger partial charge in [0, 0.05) is 0 Å². The second-order valence-electron chi connectivity index (χ2n) is 5.17. The van der Waals surface area contributed by atoms with Crippen LogP contribution in [0, 0.1) is 19.7 Å². The standard InChI is InChI=1S/C16H16FNO5S/c1-10-7-12(17)3-5-14(10)18-24(21,22)13-4-6-15(11(2)8-13)23-9-16(19)20/h3-8,18H,9H2,1-2H3,(H,19,20). The van der Waals surface area contributed by atoms with Gasteiger partial charge in [-0.15, -0.1) is 0 Å². The zero-order chi connectivity index (χ0) is 17.9. The van der Waals surface area contributed by atoms with Gasteiger partial charge in [-0.1, -0.05) is 0 Å². The Hall–Kier alpha value is -2.61. The van der Waals surface area contributed by atoms with Gasteiger partial charge >= 0.3 is 5.97 Å². The van der Waals surface area contributed by atoms with Crippen molar-refractivity contribution in [3.05, 3.63) is 53.3 Å². The SMILES string of the molecule is Cc1cc(F)ccc1NS(=O)(=O)c1ccc(OCC(=O)O)c(C)c1. The van der Waals surface area contributed by atoms with Crippen molar-refractivity contribution in [2.45, 2.75) is 18.7 Å². The molecule has 0 radical (unpaired) electrons. The molecule has 128 valence electrons. The van der Waals surface area contributed by atoms with Crippen molar-refractivity contribution >= 4 is 21.7 Å². The van der Waals surface area contributed by atoms with Gasteiger partial charge in [0.05, 0.1) is 10.6 Å². The third kappa shape index (κ3) is 4.23. The van der Waals surface area contributed by atoms with E-state index >= 15 is 0 Å². The summed E-state index contributed by atoms with van der Waals surface area (Å²) in [5.41, 5.74) is 1.21. The van der Waals surface area contributed by atoms with Gasteiger partial charge in [0.25, 0.3) is 10.0 Å². The van der Waals surface area contributed by atoms with Crippen LogP contribution in [0.15, 0.2) is 41.3 Å². The normalized spacial score (nSPS) is 11.1. The predicted molar refractivity (Wildman–Crippen MR) is 86.3 cm³/mol. The molecule has 0 aliphatic heterocycles. The Morgan fingerprint density at radius 3 is 2.46 bits per heavy atom. The fraction of sp³-hybridized carbons (Fsp3) is 0.188. The third-order valence-corrected chi connectivity index (χ3v) is 4.60. The van der Waals surface area contributed by atoms with Gasteiger partial charge in [-0.2, -0.15) is 0 Å². The van der Waals surface area contributed by atoms with E-state index in [0.717, 1.165) is 0 Å². The Morgan fingerprint density at radius 1 is 1.17 bits per heavy atom. The van der Waals surface area contributed by atoms with Gasteiger partial charge in [0.1, 0.15) is 11.6 Å². The third-order valence-electron chi connectivity index (χ3n) is 3.24. The number of rotatable bonds is 6. The first-order valence-corrected chi connectivity index (χ1v) is 8.41. The topological polar surface area (TPSA) is 92.7 Å². The van der Waals surface area contributed by atoms with E-state index in [0.29, 0.717) is 11.1 Å². The average molecular weight is 353 g/mol. The maximum absolute atomic E-state index is 13.1. The summed E-state index contributed by atoms with van der Waals surface area (Å²) < 4.78 is 45.4. The number of carboxylic acids is 1. The molecule has 0 heterocycles. The number of benzene rings is 2. The summed E-state index contributed by atoms with van der Waals surface area (Å²) in [5, 5.41) is 8.60. The van der Waals surface area contributed by atoms with Crippen LogP contribution in [-0.2, 0) is 14.8 Å². The lowest BCUT2D eigenvalue weighted by molar-refractivity contribution is -0.139. The van der Waals surface area contributed by atoms with Gasteiger partial charge in [-0.3, -0.25) is 4.72 Å². The summed E-state index contributed by atoms with van der Waals surface area (Å²) in [6.45, 7) is 2.69. The lowest BCUT2D eigenvalue weighted by Crippen LogP contribution is -2.14. The molecular weight excluding hydrogens is 337 g/mol. The molecule has 8 heteroatoms. The molecule has 2 N–H and O–H groups in total. The van der Waals surface area contributed by atoms with Crippen LogP contribution in [0.5, 0.6) is 5.75 Å². The van der Waals surface area contributed by atoms with E-state index in [1.807, 2.05) is 0 Å². The van der Waals surface area contributed by atoms with Crippen LogP contribution in [0.1, 0.15) is 11.1 Å². The van der Waals surface area contributed by atoms with E-state index in [1.54, 1.807) is 13.8 Å².